The van der Waals surface area contributed by atoms with Crippen LogP contribution < -0.4 is 4.90 Å². The number of carbonyl (C=O) groups is 2. The molecular weight excluding hydrogens is 270 g/mol. The third-order valence-electron chi connectivity index (χ3n) is 2.70. The standard InChI is InChI=1S/C13H16ClNO4/c1-9(13(18)19)8-15(7-6-12(16)17)11-4-2-10(14)3-5-11/h2-5,9H,6-8H2,1H3,(H,16,17)(H,18,19). The molecule has 2 N–H and O–H groups in total. The average Bonchev–Trinajstić information content (AvgIpc) is 2.35. The number of rotatable bonds is 7. The van der Waals surface area contributed by atoms with E-state index in [0.29, 0.717) is 5.02 Å². The van der Waals surface area contributed by atoms with Crippen molar-refractivity contribution in [1.82, 2.24) is 0 Å². The van der Waals surface area contributed by atoms with Crippen LogP contribution in [-0.2, 0) is 9.59 Å². The lowest BCUT2D eigenvalue weighted by Crippen LogP contribution is -2.33. The summed E-state index contributed by atoms with van der Waals surface area (Å²) < 4.78 is 0. The molecule has 6 heteroatoms. The normalized spacial score (nSPS) is 11.9. The quantitative estimate of drug-likeness (QED) is 0.804. The topological polar surface area (TPSA) is 77.8 Å². The summed E-state index contributed by atoms with van der Waals surface area (Å²) in [6.07, 6.45) is -0.0467. The minimum Gasteiger partial charge on any atom is -0.481 e. The Morgan fingerprint density at radius 1 is 1.26 bits per heavy atom. The molecule has 0 aliphatic heterocycles. The maximum absolute atomic E-state index is 10.9. The predicted molar refractivity (Wildman–Crippen MR) is 72.7 cm³/mol. The first kappa shape index (κ1) is 15.3. The third-order valence-corrected chi connectivity index (χ3v) is 2.96. The Morgan fingerprint density at radius 3 is 2.32 bits per heavy atom. The molecule has 0 heterocycles. The van der Waals surface area contributed by atoms with E-state index in [0.717, 1.165) is 5.69 Å². The molecule has 0 aromatic heterocycles. The zero-order valence-electron chi connectivity index (χ0n) is 10.5. The van der Waals surface area contributed by atoms with Gasteiger partial charge in [-0.1, -0.05) is 18.5 Å². The van der Waals surface area contributed by atoms with Crippen LogP contribution in [0.15, 0.2) is 24.3 Å². The van der Waals surface area contributed by atoms with Gasteiger partial charge in [0.15, 0.2) is 0 Å². The van der Waals surface area contributed by atoms with Gasteiger partial charge in [0.2, 0.25) is 0 Å². The molecule has 1 atom stereocenters. The summed E-state index contributed by atoms with van der Waals surface area (Å²) in [7, 11) is 0. The minimum atomic E-state index is -0.915. The van der Waals surface area contributed by atoms with Gasteiger partial charge in [0, 0.05) is 23.8 Å². The highest BCUT2D eigenvalue weighted by Crippen LogP contribution is 2.19. The average molecular weight is 286 g/mol. The van der Waals surface area contributed by atoms with E-state index in [-0.39, 0.29) is 19.5 Å². The Hall–Kier alpha value is -1.75. The smallest absolute Gasteiger partial charge is 0.308 e. The third kappa shape index (κ3) is 5.18. The van der Waals surface area contributed by atoms with Crippen LogP contribution in [0.1, 0.15) is 13.3 Å². The Kier molecular flexibility index (Phi) is 5.63. The lowest BCUT2D eigenvalue weighted by molar-refractivity contribution is -0.140. The molecule has 0 radical (unpaired) electrons. The summed E-state index contributed by atoms with van der Waals surface area (Å²) in [5.74, 6) is -2.40. The zero-order valence-corrected chi connectivity index (χ0v) is 11.3. The van der Waals surface area contributed by atoms with Crippen LogP contribution in [0.3, 0.4) is 0 Å². The van der Waals surface area contributed by atoms with Gasteiger partial charge in [-0.3, -0.25) is 9.59 Å². The number of aliphatic carboxylic acids is 2. The second-order valence-electron chi connectivity index (χ2n) is 4.31. The molecular formula is C13H16ClNO4. The van der Waals surface area contributed by atoms with Crippen molar-refractivity contribution >= 4 is 29.2 Å². The molecule has 0 fully saturated rings. The molecule has 0 amide bonds. The molecule has 0 aliphatic carbocycles. The summed E-state index contributed by atoms with van der Waals surface area (Å²) in [6, 6.07) is 6.88. The fraction of sp³-hybridized carbons (Fsp3) is 0.385. The number of nitrogens with zero attached hydrogens (tertiary/aromatic N) is 1. The van der Waals surface area contributed by atoms with Crippen LogP contribution >= 0.6 is 11.6 Å². The first-order chi connectivity index (χ1) is 8.90. The summed E-state index contributed by atoms with van der Waals surface area (Å²) >= 11 is 5.79. The largest absolute Gasteiger partial charge is 0.481 e. The van der Waals surface area contributed by atoms with Gasteiger partial charge < -0.3 is 15.1 Å². The Morgan fingerprint density at radius 2 is 1.84 bits per heavy atom. The maximum Gasteiger partial charge on any atom is 0.308 e. The summed E-state index contributed by atoms with van der Waals surface area (Å²) in [5.41, 5.74) is 0.763. The second-order valence-corrected chi connectivity index (χ2v) is 4.74. The Bertz CT molecular complexity index is 446. The van der Waals surface area contributed by atoms with Gasteiger partial charge in [-0.2, -0.15) is 0 Å². The molecule has 1 rings (SSSR count). The molecule has 104 valence electrons. The molecule has 19 heavy (non-hydrogen) atoms. The summed E-state index contributed by atoms with van der Waals surface area (Å²) in [5, 5.41) is 18.2. The fourth-order valence-corrected chi connectivity index (χ4v) is 1.74. The van der Waals surface area contributed by atoms with Gasteiger partial charge in [-0.15, -0.1) is 0 Å². The van der Waals surface area contributed by atoms with Gasteiger partial charge in [0.25, 0.3) is 0 Å². The fourth-order valence-electron chi connectivity index (χ4n) is 1.62. The van der Waals surface area contributed by atoms with Crippen molar-refractivity contribution < 1.29 is 19.8 Å². The first-order valence-corrected chi connectivity index (χ1v) is 6.23. The molecule has 0 aliphatic rings. The van der Waals surface area contributed by atoms with E-state index in [9.17, 15) is 9.59 Å². The van der Waals surface area contributed by atoms with E-state index in [2.05, 4.69) is 0 Å². The van der Waals surface area contributed by atoms with Crippen LogP contribution in [0.4, 0.5) is 5.69 Å². The summed E-state index contributed by atoms with van der Waals surface area (Å²) in [4.78, 5) is 23.3. The van der Waals surface area contributed by atoms with Crippen LogP contribution in [0.2, 0.25) is 5.02 Å². The number of anilines is 1. The number of carboxylic acid groups (broad SMARTS) is 2. The second kappa shape index (κ2) is 6.99. The number of benzene rings is 1. The van der Waals surface area contributed by atoms with Crippen molar-refractivity contribution in [3.8, 4) is 0 Å². The molecule has 1 aromatic carbocycles. The van der Waals surface area contributed by atoms with Gasteiger partial charge in [-0.05, 0) is 24.3 Å². The SMILES string of the molecule is CC(CN(CCC(=O)O)c1ccc(Cl)cc1)C(=O)O. The molecule has 5 nitrogen and oxygen atoms in total. The van der Waals surface area contributed by atoms with E-state index < -0.39 is 17.9 Å². The van der Waals surface area contributed by atoms with Gasteiger partial charge in [0.05, 0.1) is 12.3 Å². The predicted octanol–water partition coefficient (Wildman–Crippen LogP) is 2.34. The first-order valence-electron chi connectivity index (χ1n) is 5.85. The molecule has 0 saturated carbocycles. The molecule has 0 saturated heterocycles. The van der Waals surface area contributed by atoms with Crippen LogP contribution in [0, 0.1) is 5.92 Å². The van der Waals surface area contributed by atoms with Crippen LogP contribution in [0.5, 0.6) is 0 Å². The lowest BCUT2D eigenvalue weighted by atomic mass is 10.1. The van der Waals surface area contributed by atoms with E-state index in [1.807, 2.05) is 0 Å². The van der Waals surface area contributed by atoms with Crippen molar-refractivity contribution in [2.75, 3.05) is 18.0 Å². The summed E-state index contributed by atoms with van der Waals surface area (Å²) in [6.45, 7) is 2.10. The van der Waals surface area contributed by atoms with Gasteiger partial charge in [-0.25, -0.2) is 0 Å². The van der Waals surface area contributed by atoms with Gasteiger partial charge >= 0.3 is 11.9 Å². The highest BCUT2D eigenvalue weighted by molar-refractivity contribution is 6.30. The van der Waals surface area contributed by atoms with Crippen molar-refractivity contribution in [1.29, 1.82) is 0 Å². The Labute approximate surface area is 116 Å². The molecule has 1 unspecified atom stereocenters. The molecule has 1 aromatic rings. The Balaban J connectivity index is 2.81. The highest BCUT2D eigenvalue weighted by atomic mass is 35.5. The highest BCUT2D eigenvalue weighted by Gasteiger charge is 2.17. The van der Waals surface area contributed by atoms with Crippen molar-refractivity contribution in [2.45, 2.75) is 13.3 Å². The molecule has 0 bridgehead atoms. The number of hydrogen-bond acceptors (Lipinski definition) is 3. The monoisotopic (exact) mass is 285 g/mol. The minimum absolute atomic E-state index is 0.0467. The zero-order chi connectivity index (χ0) is 14.4. The van der Waals surface area contributed by atoms with Crippen molar-refractivity contribution in [2.24, 2.45) is 5.92 Å². The van der Waals surface area contributed by atoms with Gasteiger partial charge in [0.1, 0.15) is 0 Å². The molecule has 0 spiro atoms. The van der Waals surface area contributed by atoms with E-state index in [1.165, 1.54) is 0 Å². The van der Waals surface area contributed by atoms with E-state index in [1.54, 1.807) is 36.1 Å². The lowest BCUT2D eigenvalue weighted by Gasteiger charge is -2.26. The maximum atomic E-state index is 10.9. The van der Waals surface area contributed by atoms with E-state index in [4.69, 9.17) is 21.8 Å². The number of halogens is 1. The van der Waals surface area contributed by atoms with Crippen molar-refractivity contribution in [3.05, 3.63) is 29.3 Å². The van der Waals surface area contributed by atoms with E-state index >= 15 is 0 Å². The van der Waals surface area contributed by atoms with Crippen LogP contribution in [-0.4, -0.2) is 35.2 Å². The van der Waals surface area contributed by atoms with Crippen molar-refractivity contribution in [3.63, 3.8) is 0 Å². The van der Waals surface area contributed by atoms with Crippen LogP contribution in [0.25, 0.3) is 0 Å². The number of carboxylic acids is 2. The number of hydrogen-bond donors (Lipinski definition) is 2.